The second-order valence-electron chi connectivity index (χ2n) is 8.69. The van der Waals surface area contributed by atoms with Gasteiger partial charge in [-0.15, -0.1) is 0 Å². The predicted molar refractivity (Wildman–Crippen MR) is 127 cm³/mol. The number of hydrogen-bond donors (Lipinski definition) is 1. The van der Waals surface area contributed by atoms with Crippen LogP contribution in [0.15, 0.2) is 54.9 Å². The number of hydrogen-bond acceptors (Lipinski definition) is 6. The monoisotopic (exact) mass is 445 g/mol. The third-order valence-corrected chi connectivity index (χ3v) is 6.60. The topological polar surface area (TPSA) is 75.6 Å². The molecule has 0 aliphatic carbocycles. The molecule has 1 aliphatic heterocycles. The van der Waals surface area contributed by atoms with E-state index in [4.69, 9.17) is 14.7 Å². The first-order chi connectivity index (χ1) is 16.0. The van der Waals surface area contributed by atoms with Crippen LogP contribution >= 0.6 is 0 Å². The lowest BCUT2D eigenvalue weighted by molar-refractivity contribution is 0.0574. The van der Waals surface area contributed by atoms with Crippen molar-refractivity contribution < 1.29 is 14.6 Å². The van der Waals surface area contributed by atoms with Crippen LogP contribution in [0.25, 0.3) is 0 Å². The predicted octanol–water partition coefficient (Wildman–Crippen LogP) is 4.84. The summed E-state index contributed by atoms with van der Waals surface area (Å²) >= 11 is 0. The molecule has 1 aromatic carbocycles. The van der Waals surface area contributed by atoms with Crippen LogP contribution in [0.4, 0.5) is 0 Å². The maximum atomic E-state index is 12.6. The molecule has 0 bridgehead atoms. The Labute approximate surface area is 195 Å². The van der Waals surface area contributed by atoms with Gasteiger partial charge in [0, 0.05) is 18.9 Å². The van der Waals surface area contributed by atoms with Gasteiger partial charge >= 0.3 is 5.97 Å². The quantitative estimate of drug-likeness (QED) is 0.547. The number of piperidine rings is 1. The lowest BCUT2D eigenvalue weighted by Gasteiger charge is -2.42. The van der Waals surface area contributed by atoms with Gasteiger partial charge in [0.05, 0.1) is 42.8 Å². The highest BCUT2D eigenvalue weighted by Crippen LogP contribution is 2.43. The molecule has 33 heavy (non-hydrogen) atoms. The zero-order valence-electron chi connectivity index (χ0n) is 19.5. The minimum atomic E-state index is -0.395. The molecule has 0 spiro atoms. The number of pyridine rings is 2. The van der Waals surface area contributed by atoms with Crippen molar-refractivity contribution >= 4 is 5.97 Å². The number of aromatic nitrogens is 2. The number of ether oxygens (including phenoxy) is 1. The number of aliphatic hydroxyl groups is 1. The van der Waals surface area contributed by atoms with E-state index in [9.17, 15) is 9.90 Å². The molecule has 2 unspecified atom stereocenters. The first-order valence-electron chi connectivity index (χ1n) is 11.4. The summed E-state index contributed by atoms with van der Waals surface area (Å²) in [7, 11) is 1.39. The van der Waals surface area contributed by atoms with Gasteiger partial charge in [-0.05, 0) is 73.6 Å². The van der Waals surface area contributed by atoms with Gasteiger partial charge in [0.1, 0.15) is 0 Å². The molecule has 3 aromatic rings. The van der Waals surface area contributed by atoms with Crippen molar-refractivity contribution in [2.75, 3.05) is 7.11 Å². The van der Waals surface area contributed by atoms with E-state index >= 15 is 0 Å². The molecule has 1 aliphatic rings. The van der Waals surface area contributed by atoms with E-state index in [0.717, 1.165) is 47.3 Å². The van der Waals surface area contributed by atoms with Gasteiger partial charge in [0.25, 0.3) is 0 Å². The van der Waals surface area contributed by atoms with Crippen molar-refractivity contribution in [2.24, 2.45) is 0 Å². The van der Waals surface area contributed by atoms with Gasteiger partial charge in [-0.2, -0.15) is 0 Å². The lowest BCUT2D eigenvalue weighted by atomic mass is 9.88. The molecule has 1 fully saturated rings. The standard InChI is InChI=1S/C27H31N3O3/c1-18-7-5-13-28-25(18)23-9-4-10-24(26-19(2)8-6-14-29-26)30(23)16-21-12-11-20(17-31)15-22(21)27(32)33-3/h5-8,11-15,23-24,31H,4,9-10,16-17H2,1-3H3. The summed E-state index contributed by atoms with van der Waals surface area (Å²) in [4.78, 5) is 24.6. The maximum absolute atomic E-state index is 12.6. The van der Waals surface area contributed by atoms with E-state index in [1.165, 1.54) is 7.11 Å². The Bertz CT molecular complexity index is 1080. The average molecular weight is 446 g/mol. The molecule has 1 saturated heterocycles. The molecule has 2 atom stereocenters. The van der Waals surface area contributed by atoms with Gasteiger partial charge in [-0.3, -0.25) is 14.9 Å². The Morgan fingerprint density at radius 3 is 2.15 bits per heavy atom. The Morgan fingerprint density at radius 2 is 1.64 bits per heavy atom. The van der Waals surface area contributed by atoms with Crippen LogP contribution in [0.2, 0.25) is 0 Å². The number of nitrogens with zero attached hydrogens (tertiary/aromatic N) is 3. The minimum absolute atomic E-state index is 0.106. The van der Waals surface area contributed by atoms with Gasteiger partial charge in [-0.1, -0.05) is 24.3 Å². The van der Waals surface area contributed by atoms with Gasteiger partial charge in [0.15, 0.2) is 0 Å². The van der Waals surface area contributed by atoms with Crippen molar-refractivity contribution in [3.05, 3.63) is 94.1 Å². The van der Waals surface area contributed by atoms with Gasteiger partial charge < -0.3 is 9.84 Å². The Balaban J connectivity index is 1.81. The van der Waals surface area contributed by atoms with Crippen molar-refractivity contribution in [1.29, 1.82) is 0 Å². The molecule has 0 radical (unpaired) electrons. The van der Waals surface area contributed by atoms with Crippen LogP contribution in [-0.2, 0) is 17.9 Å². The second-order valence-corrected chi connectivity index (χ2v) is 8.69. The first kappa shape index (κ1) is 23.1. The summed E-state index contributed by atoms with van der Waals surface area (Å²) in [6.45, 7) is 4.63. The summed E-state index contributed by atoms with van der Waals surface area (Å²) in [5.74, 6) is -0.395. The van der Waals surface area contributed by atoms with Crippen molar-refractivity contribution in [1.82, 2.24) is 14.9 Å². The highest BCUT2D eigenvalue weighted by atomic mass is 16.5. The smallest absolute Gasteiger partial charge is 0.338 e. The van der Waals surface area contributed by atoms with Crippen LogP contribution in [0.3, 0.4) is 0 Å². The normalized spacial score (nSPS) is 18.8. The number of likely N-dealkylation sites (tertiary alicyclic amines) is 1. The van der Waals surface area contributed by atoms with E-state index in [-0.39, 0.29) is 18.7 Å². The zero-order chi connectivity index (χ0) is 23.4. The average Bonchev–Trinajstić information content (AvgIpc) is 2.85. The van der Waals surface area contributed by atoms with E-state index in [2.05, 4.69) is 30.9 Å². The molecule has 3 heterocycles. The summed E-state index contributed by atoms with van der Waals surface area (Å²) < 4.78 is 5.06. The molecule has 6 heteroatoms. The Kier molecular flexibility index (Phi) is 7.16. The summed E-state index contributed by atoms with van der Waals surface area (Å²) in [6.07, 6.45) is 6.76. The van der Waals surface area contributed by atoms with Crippen LogP contribution in [0, 0.1) is 13.8 Å². The number of benzene rings is 1. The molecule has 0 amide bonds. The number of methoxy groups -OCH3 is 1. The van der Waals surface area contributed by atoms with E-state index in [1.54, 1.807) is 6.07 Å². The van der Waals surface area contributed by atoms with E-state index in [0.29, 0.717) is 17.7 Å². The van der Waals surface area contributed by atoms with Crippen LogP contribution in [0.1, 0.15) is 75.3 Å². The van der Waals surface area contributed by atoms with Crippen LogP contribution in [0.5, 0.6) is 0 Å². The van der Waals surface area contributed by atoms with Gasteiger partial charge in [0.2, 0.25) is 0 Å². The fourth-order valence-corrected chi connectivity index (χ4v) is 4.91. The van der Waals surface area contributed by atoms with Gasteiger partial charge in [-0.25, -0.2) is 4.79 Å². The molecule has 4 rings (SSSR count). The van der Waals surface area contributed by atoms with Crippen LogP contribution in [-0.4, -0.2) is 33.1 Å². The molecule has 2 aromatic heterocycles. The van der Waals surface area contributed by atoms with E-state index < -0.39 is 5.97 Å². The first-order valence-corrected chi connectivity index (χ1v) is 11.4. The molecule has 172 valence electrons. The highest BCUT2D eigenvalue weighted by molar-refractivity contribution is 5.91. The number of rotatable bonds is 6. The second kappa shape index (κ2) is 10.2. The largest absolute Gasteiger partial charge is 0.465 e. The highest BCUT2D eigenvalue weighted by Gasteiger charge is 2.36. The molecule has 0 saturated carbocycles. The number of esters is 1. The fourth-order valence-electron chi connectivity index (χ4n) is 4.91. The third-order valence-electron chi connectivity index (χ3n) is 6.60. The molecular formula is C27H31N3O3. The Hall–Kier alpha value is -3.09. The molecular weight excluding hydrogens is 414 g/mol. The third kappa shape index (κ3) is 4.82. The number of carbonyl (C=O) groups excluding carboxylic acids is 1. The lowest BCUT2D eigenvalue weighted by Crippen LogP contribution is -2.38. The van der Waals surface area contributed by atoms with Crippen molar-refractivity contribution in [3.8, 4) is 0 Å². The summed E-state index contributed by atoms with van der Waals surface area (Å²) in [5, 5.41) is 9.59. The van der Waals surface area contributed by atoms with Crippen LogP contribution < -0.4 is 0 Å². The number of carbonyl (C=O) groups is 1. The summed E-state index contributed by atoms with van der Waals surface area (Å²) in [6, 6.07) is 13.9. The van der Waals surface area contributed by atoms with Crippen molar-refractivity contribution in [2.45, 2.75) is 58.3 Å². The van der Waals surface area contributed by atoms with Crippen molar-refractivity contribution in [3.63, 3.8) is 0 Å². The summed E-state index contributed by atoms with van der Waals surface area (Å²) in [5.41, 5.74) is 6.52. The Morgan fingerprint density at radius 1 is 1.03 bits per heavy atom. The SMILES string of the molecule is COC(=O)c1cc(CO)ccc1CN1C(c2ncccc2C)CCCC1c1ncccc1C. The maximum Gasteiger partial charge on any atom is 0.338 e. The fraction of sp³-hybridized carbons (Fsp3) is 0.370. The zero-order valence-corrected chi connectivity index (χ0v) is 19.5. The molecule has 1 N–H and O–H groups in total. The number of aryl methyl sites for hydroxylation is 2. The molecule has 6 nitrogen and oxygen atoms in total. The van der Waals surface area contributed by atoms with E-state index in [1.807, 2.05) is 36.7 Å². The minimum Gasteiger partial charge on any atom is -0.465 e. The number of aliphatic hydroxyl groups excluding tert-OH is 1.